The van der Waals surface area contributed by atoms with Crippen molar-refractivity contribution in [1.29, 1.82) is 0 Å². The average Bonchev–Trinajstić information content (AvgIpc) is 3.36. The van der Waals surface area contributed by atoms with Crippen LogP contribution >= 0.6 is 34.5 Å². The van der Waals surface area contributed by atoms with Crippen molar-refractivity contribution in [3.05, 3.63) is 32.0 Å². The average molecular weight is 511 g/mol. The van der Waals surface area contributed by atoms with Gasteiger partial charge in [-0.15, -0.1) is 0 Å². The van der Waals surface area contributed by atoms with Gasteiger partial charge in [0.2, 0.25) is 0 Å². The fourth-order valence-electron chi connectivity index (χ4n) is 5.31. The molecule has 2 aliphatic carbocycles. The van der Waals surface area contributed by atoms with Crippen molar-refractivity contribution in [3.8, 4) is 0 Å². The largest absolute Gasteiger partial charge is 0.462 e. The third-order valence-corrected chi connectivity index (χ3v) is 9.23. The zero-order chi connectivity index (χ0) is 23.3. The van der Waals surface area contributed by atoms with Crippen LogP contribution in [0.1, 0.15) is 64.2 Å². The molecule has 5 rings (SSSR count). The highest BCUT2D eigenvalue weighted by Gasteiger charge is 2.57. The molecule has 2 aromatic heterocycles. The molecular formula is C23H28Cl2N4O3S. The number of aromatic nitrogens is 2. The van der Waals surface area contributed by atoms with E-state index in [1.54, 1.807) is 6.92 Å². The number of fused-ring (bicyclic) bond motifs is 1. The highest BCUT2D eigenvalue weighted by atomic mass is 35.5. The molecule has 1 saturated heterocycles. The Morgan fingerprint density at radius 3 is 2.52 bits per heavy atom. The molecule has 3 atom stereocenters. The highest BCUT2D eigenvalue weighted by molar-refractivity contribution is 7.17. The van der Waals surface area contributed by atoms with Gasteiger partial charge in [0.05, 0.1) is 22.3 Å². The number of hydrogen-bond acceptors (Lipinski definition) is 6. The maximum Gasteiger partial charge on any atom is 0.350 e. The first kappa shape index (κ1) is 23.0. The second kappa shape index (κ2) is 9.12. The van der Waals surface area contributed by atoms with E-state index in [-0.39, 0.29) is 22.9 Å². The van der Waals surface area contributed by atoms with Crippen LogP contribution in [0.2, 0.25) is 10.0 Å². The van der Waals surface area contributed by atoms with Gasteiger partial charge in [0.15, 0.2) is 5.13 Å². The van der Waals surface area contributed by atoms with E-state index in [9.17, 15) is 9.59 Å². The molecule has 3 heterocycles. The monoisotopic (exact) mass is 510 g/mol. The van der Waals surface area contributed by atoms with Crippen LogP contribution in [0.25, 0.3) is 0 Å². The van der Waals surface area contributed by atoms with E-state index in [4.69, 9.17) is 32.9 Å². The van der Waals surface area contributed by atoms with Crippen molar-refractivity contribution in [2.75, 3.05) is 24.6 Å². The normalized spacial score (nSPS) is 24.2. The van der Waals surface area contributed by atoms with Gasteiger partial charge in [-0.25, -0.2) is 9.78 Å². The van der Waals surface area contributed by atoms with E-state index in [2.05, 4.69) is 15.2 Å². The summed E-state index contributed by atoms with van der Waals surface area (Å²) in [6.45, 7) is 5.60. The van der Waals surface area contributed by atoms with Crippen LogP contribution in [0.5, 0.6) is 0 Å². The van der Waals surface area contributed by atoms with Gasteiger partial charge in [-0.3, -0.25) is 4.79 Å². The first-order chi connectivity index (χ1) is 15.9. The minimum Gasteiger partial charge on any atom is -0.462 e. The predicted octanol–water partition coefficient (Wildman–Crippen LogP) is 4.86. The van der Waals surface area contributed by atoms with Crippen LogP contribution in [0, 0.1) is 24.7 Å². The Morgan fingerprint density at radius 2 is 1.91 bits per heavy atom. The maximum atomic E-state index is 12.7. The number of carbonyl (C=O) groups is 2. The third kappa shape index (κ3) is 4.37. The highest BCUT2D eigenvalue weighted by Crippen LogP contribution is 2.48. The molecule has 0 unspecified atom stereocenters. The predicted molar refractivity (Wildman–Crippen MR) is 130 cm³/mol. The minimum absolute atomic E-state index is 0.120. The zero-order valence-electron chi connectivity index (χ0n) is 18.7. The van der Waals surface area contributed by atoms with Gasteiger partial charge in [0.1, 0.15) is 10.6 Å². The van der Waals surface area contributed by atoms with Crippen LogP contribution in [0.4, 0.5) is 5.13 Å². The first-order valence-electron chi connectivity index (χ1n) is 11.6. The summed E-state index contributed by atoms with van der Waals surface area (Å²) in [7, 11) is 0. The molecule has 1 aliphatic heterocycles. The Bertz CT molecular complexity index is 1070. The summed E-state index contributed by atoms with van der Waals surface area (Å²) >= 11 is 13.7. The molecular weight excluding hydrogens is 483 g/mol. The van der Waals surface area contributed by atoms with Crippen LogP contribution < -0.4 is 10.2 Å². The van der Waals surface area contributed by atoms with Gasteiger partial charge in [0, 0.05) is 36.7 Å². The molecule has 0 radical (unpaired) electrons. The molecule has 2 N–H and O–H groups in total. The van der Waals surface area contributed by atoms with Gasteiger partial charge in [-0.05, 0) is 26.2 Å². The number of amides is 1. The molecule has 0 aromatic carbocycles. The molecule has 2 saturated carbocycles. The number of hydrogen-bond donors (Lipinski definition) is 2. The fourth-order valence-corrected chi connectivity index (χ4v) is 6.73. The number of rotatable bonds is 7. The maximum absolute atomic E-state index is 12.7. The summed E-state index contributed by atoms with van der Waals surface area (Å²) in [6.07, 6.45) is 5.79. The summed E-state index contributed by atoms with van der Waals surface area (Å²) < 4.78 is 5.30. The number of H-pyrrole nitrogens is 1. The standard InChI is InChI=1S/C23H28Cl2N4O3S/c1-3-32-22(31)20-15(8-12-6-4-5-7-12)27-23(33-20)29-9-13-14(10-29)18(13)28-21(30)19-17(25)16(24)11(2)26-19/h12-14,18,26H,3-10H2,1-2H3,(H,28,30)/t13-,14+,18+. The SMILES string of the molecule is CCOC(=O)c1sc(N2C[C@@H]3[C@H](C2)[C@H]3NC(=O)c2[nH]c(C)c(Cl)c2Cl)nc1CC1CCCC1. The number of nitrogens with one attached hydrogen (secondary N) is 2. The Morgan fingerprint density at radius 1 is 1.21 bits per heavy atom. The number of nitrogens with zero attached hydrogens (tertiary/aromatic N) is 2. The van der Waals surface area contributed by atoms with Crippen molar-refractivity contribution in [2.24, 2.45) is 17.8 Å². The molecule has 33 heavy (non-hydrogen) atoms. The number of esters is 1. The van der Waals surface area contributed by atoms with Crippen LogP contribution in [0.15, 0.2) is 0 Å². The Labute approximate surface area is 207 Å². The summed E-state index contributed by atoms with van der Waals surface area (Å²) in [5.74, 6) is 0.857. The number of carbonyl (C=O) groups excluding carboxylic acids is 2. The Kier molecular flexibility index (Phi) is 6.35. The number of halogens is 2. The first-order valence-corrected chi connectivity index (χ1v) is 13.2. The molecule has 3 aliphatic rings. The van der Waals surface area contributed by atoms with Crippen molar-refractivity contribution < 1.29 is 14.3 Å². The van der Waals surface area contributed by atoms with E-state index in [1.165, 1.54) is 37.0 Å². The molecule has 0 spiro atoms. The number of thiazole rings is 1. The van der Waals surface area contributed by atoms with Gasteiger partial charge in [0.25, 0.3) is 5.91 Å². The van der Waals surface area contributed by atoms with Crippen molar-refractivity contribution >= 4 is 51.5 Å². The molecule has 3 fully saturated rings. The van der Waals surface area contributed by atoms with Crippen LogP contribution in [-0.4, -0.2) is 47.6 Å². The molecule has 178 valence electrons. The van der Waals surface area contributed by atoms with E-state index in [0.717, 1.165) is 30.3 Å². The lowest BCUT2D eigenvalue weighted by Crippen LogP contribution is -2.34. The van der Waals surface area contributed by atoms with Gasteiger partial charge in [-0.1, -0.05) is 60.2 Å². The van der Waals surface area contributed by atoms with Gasteiger partial charge < -0.3 is 19.9 Å². The molecule has 2 aromatic rings. The number of aromatic amines is 1. The quantitative estimate of drug-likeness (QED) is 0.519. The number of piperidine rings is 1. The topological polar surface area (TPSA) is 87.3 Å². The third-order valence-electron chi connectivity index (χ3n) is 7.15. The van der Waals surface area contributed by atoms with Crippen molar-refractivity contribution in [1.82, 2.24) is 15.3 Å². The summed E-state index contributed by atoms with van der Waals surface area (Å²) in [5, 5.41) is 4.64. The smallest absolute Gasteiger partial charge is 0.350 e. The lowest BCUT2D eigenvalue weighted by Gasteiger charge is -2.19. The zero-order valence-corrected chi connectivity index (χ0v) is 21.1. The van der Waals surface area contributed by atoms with E-state index >= 15 is 0 Å². The van der Waals surface area contributed by atoms with Gasteiger partial charge >= 0.3 is 5.97 Å². The molecule has 10 heteroatoms. The number of anilines is 1. The second-order valence-electron chi connectivity index (χ2n) is 9.33. The number of aryl methyl sites for hydroxylation is 1. The van der Waals surface area contributed by atoms with Crippen molar-refractivity contribution in [2.45, 2.75) is 52.0 Å². The number of ether oxygens (including phenoxy) is 1. The Balaban J connectivity index is 1.24. The van der Waals surface area contributed by atoms with E-state index in [0.29, 0.717) is 45.6 Å². The molecule has 7 nitrogen and oxygen atoms in total. The summed E-state index contributed by atoms with van der Waals surface area (Å²) in [4.78, 5) is 36.0. The van der Waals surface area contributed by atoms with Gasteiger partial charge in [-0.2, -0.15) is 0 Å². The summed E-state index contributed by atoms with van der Waals surface area (Å²) in [5.41, 5.74) is 1.89. The van der Waals surface area contributed by atoms with Crippen LogP contribution in [0.3, 0.4) is 0 Å². The van der Waals surface area contributed by atoms with Crippen molar-refractivity contribution in [3.63, 3.8) is 0 Å². The fraction of sp³-hybridized carbons (Fsp3) is 0.609. The summed E-state index contributed by atoms with van der Waals surface area (Å²) in [6, 6.07) is 0.120. The molecule has 0 bridgehead atoms. The minimum atomic E-state index is -0.263. The van der Waals surface area contributed by atoms with E-state index < -0.39 is 0 Å². The lowest BCUT2D eigenvalue weighted by molar-refractivity contribution is 0.0530. The van der Waals surface area contributed by atoms with Crippen LogP contribution in [-0.2, 0) is 11.2 Å². The second-order valence-corrected chi connectivity index (χ2v) is 11.1. The Hall–Kier alpha value is -1.77. The van der Waals surface area contributed by atoms with E-state index in [1.807, 2.05) is 6.92 Å². The molecule has 1 amide bonds. The lowest BCUT2D eigenvalue weighted by atomic mass is 10.0.